The van der Waals surface area contributed by atoms with Crippen molar-refractivity contribution < 1.29 is 13.9 Å². The summed E-state index contributed by atoms with van der Waals surface area (Å²) in [4.78, 5) is 23.0. The van der Waals surface area contributed by atoms with Crippen molar-refractivity contribution in [1.29, 1.82) is 0 Å². The quantitative estimate of drug-likeness (QED) is 0.561. The lowest BCUT2D eigenvalue weighted by atomic mass is 10.1. The van der Waals surface area contributed by atoms with Gasteiger partial charge in [-0.15, -0.1) is 0 Å². The molecule has 0 saturated carbocycles. The lowest BCUT2D eigenvalue weighted by molar-refractivity contribution is 0.1000. The molecule has 8 nitrogen and oxygen atoms in total. The first kappa shape index (κ1) is 20.5. The summed E-state index contributed by atoms with van der Waals surface area (Å²) >= 11 is 0. The van der Waals surface area contributed by atoms with Gasteiger partial charge in [0.1, 0.15) is 23.2 Å². The van der Waals surface area contributed by atoms with Crippen LogP contribution in [-0.4, -0.2) is 49.2 Å². The second-order valence-corrected chi connectivity index (χ2v) is 7.10. The number of carbonyl (C=O) groups excluding carboxylic acids is 1. The minimum atomic E-state index is -0.521. The van der Waals surface area contributed by atoms with Crippen LogP contribution in [0.4, 0.5) is 21.7 Å². The molecule has 9 heteroatoms. The summed E-state index contributed by atoms with van der Waals surface area (Å²) in [5.74, 6) is 0.587. The van der Waals surface area contributed by atoms with Gasteiger partial charge in [0, 0.05) is 49.6 Å². The first-order valence-corrected chi connectivity index (χ1v) is 9.88. The van der Waals surface area contributed by atoms with E-state index in [-0.39, 0.29) is 5.69 Å². The summed E-state index contributed by atoms with van der Waals surface area (Å²) in [5.41, 5.74) is 7.52. The SMILES string of the molecule is COc1ccc(Nc2cc(-c3cc(C(N)=O)cc(N4CCNCC4)n3)ccn2)c(F)c1. The highest BCUT2D eigenvalue weighted by Gasteiger charge is 2.16. The highest BCUT2D eigenvalue weighted by Crippen LogP contribution is 2.27. The van der Waals surface area contributed by atoms with Crippen LogP contribution in [0.2, 0.25) is 0 Å². The van der Waals surface area contributed by atoms with Crippen LogP contribution < -0.4 is 26.0 Å². The third-order valence-electron chi connectivity index (χ3n) is 5.03. The van der Waals surface area contributed by atoms with Gasteiger partial charge < -0.3 is 26.0 Å². The third-order valence-corrected chi connectivity index (χ3v) is 5.03. The van der Waals surface area contributed by atoms with Crippen molar-refractivity contribution in [2.45, 2.75) is 0 Å². The predicted octanol–water partition coefficient (Wildman–Crippen LogP) is 2.54. The number of nitrogens with zero attached hydrogens (tertiary/aromatic N) is 3. The third kappa shape index (κ3) is 4.72. The van der Waals surface area contributed by atoms with Gasteiger partial charge in [-0.1, -0.05) is 0 Å². The maximum Gasteiger partial charge on any atom is 0.248 e. The molecule has 0 spiro atoms. The van der Waals surface area contributed by atoms with Crippen molar-refractivity contribution in [3.63, 3.8) is 0 Å². The Balaban J connectivity index is 1.66. The number of pyridine rings is 2. The van der Waals surface area contributed by atoms with Crippen molar-refractivity contribution in [3.05, 3.63) is 60.0 Å². The number of hydrogen-bond donors (Lipinski definition) is 3. The standard InChI is InChI=1S/C22H23FN6O2/c1-31-16-2-3-18(17(23)13-16)27-20-11-14(4-5-26-20)19-10-15(22(24)30)12-21(28-19)29-8-6-25-7-9-29/h2-5,10-13,25H,6-9H2,1H3,(H2,24,30)(H,26,27). The fraction of sp³-hybridized carbons (Fsp3) is 0.227. The van der Waals surface area contributed by atoms with E-state index in [0.717, 1.165) is 31.7 Å². The molecule has 0 aliphatic carbocycles. The molecule has 0 bridgehead atoms. The number of anilines is 3. The summed E-state index contributed by atoms with van der Waals surface area (Å²) in [6.07, 6.45) is 1.60. The molecule has 2 aromatic heterocycles. The Hall–Kier alpha value is -3.72. The van der Waals surface area contributed by atoms with E-state index in [1.807, 2.05) is 0 Å². The highest BCUT2D eigenvalue weighted by molar-refractivity contribution is 5.94. The minimum Gasteiger partial charge on any atom is -0.497 e. The Morgan fingerprint density at radius 2 is 2.00 bits per heavy atom. The van der Waals surface area contributed by atoms with Gasteiger partial charge in [0.2, 0.25) is 5.91 Å². The molecule has 0 unspecified atom stereocenters. The number of aromatic nitrogens is 2. The van der Waals surface area contributed by atoms with Crippen LogP contribution in [0.1, 0.15) is 10.4 Å². The van der Waals surface area contributed by atoms with Crippen LogP contribution in [0, 0.1) is 5.82 Å². The lowest BCUT2D eigenvalue weighted by Gasteiger charge is -2.29. The van der Waals surface area contributed by atoms with E-state index in [4.69, 9.17) is 15.5 Å². The molecule has 3 aromatic rings. The Labute approximate surface area is 179 Å². The second kappa shape index (κ2) is 8.97. The average Bonchev–Trinajstić information content (AvgIpc) is 2.81. The van der Waals surface area contributed by atoms with Crippen molar-refractivity contribution in [1.82, 2.24) is 15.3 Å². The molecule has 0 atom stereocenters. The summed E-state index contributed by atoms with van der Waals surface area (Å²) in [6.45, 7) is 3.26. The molecular weight excluding hydrogens is 399 g/mol. The first-order chi connectivity index (χ1) is 15.0. The van der Waals surface area contributed by atoms with Crippen LogP contribution >= 0.6 is 0 Å². The Morgan fingerprint density at radius 1 is 1.19 bits per heavy atom. The number of nitrogens with two attached hydrogens (primary N) is 1. The van der Waals surface area contributed by atoms with Crippen LogP contribution in [-0.2, 0) is 0 Å². The zero-order chi connectivity index (χ0) is 21.8. The normalized spacial score (nSPS) is 13.7. The highest BCUT2D eigenvalue weighted by atomic mass is 19.1. The van der Waals surface area contributed by atoms with Gasteiger partial charge in [-0.3, -0.25) is 4.79 Å². The van der Waals surface area contributed by atoms with E-state index >= 15 is 0 Å². The number of amides is 1. The average molecular weight is 422 g/mol. The first-order valence-electron chi connectivity index (χ1n) is 9.88. The van der Waals surface area contributed by atoms with E-state index in [1.165, 1.54) is 13.2 Å². The molecule has 1 aliphatic heterocycles. The van der Waals surface area contributed by atoms with Crippen molar-refractivity contribution >= 4 is 23.2 Å². The Bertz CT molecular complexity index is 1100. The molecule has 4 rings (SSSR count). The van der Waals surface area contributed by atoms with Gasteiger partial charge in [-0.25, -0.2) is 14.4 Å². The van der Waals surface area contributed by atoms with E-state index in [9.17, 15) is 9.18 Å². The monoisotopic (exact) mass is 422 g/mol. The number of ether oxygens (including phenoxy) is 1. The van der Waals surface area contributed by atoms with Crippen LogP contribution in [0.3, 0.4) is 0 Å². The largest absolute Gasteiger partial charge is 0.497 e. The predicted molar refractivity (Wildman–Crippen MR) is 117 cm³/mol. The molecule has 1 aromatic carbocycles. The van der Waals surface area contributed by atoms with Crippen LogP contribution in [0.15, 0.2) is 48.7 Å². The lowest BCUT2D eigenvalue weighted by Crippen LogP contribution is -2.44. The molecule has 31 heavy (non-hydrogen) atoms. The fourth-order valence-corrected chi connectivity index (χ4v) is 3.38. The number of primary amides is 1. The molecule has 1 aliphatic rings. The van der Waals surface area contributed by atoms with E-state index in [0.29, 0.717) is 28.6 Å². The van der Waals surface area contributed by atoms with Gasteiger partial charge >= 0.3 is 0 Å². The van der Waals surface area contributed by atoms with Crippen LogP contribution in [0.5, 0.6) is 5.75 Å². The number of methoxy groups -OCH3 is 1. The van der Waals surface area contributed by atoms with Crippen molar-refractivity contribution in [2.24, 2.45) is 5.73 Å². The smallest absolute Gasteiger partial charge is 0.248 e. The molecule has 1 amide bonds. The van der Waals surface area contributed by atoms with Gasteiger partial charge in [-0.05, 0) is 36.4 Å². The summed E-state index contributed by atoms with van der Waals surface area (Å²) in [7, 11) is 1.48. The van der Waals surface area contributed by atoms with Crippen LogP contribution in [0.25, 0.3) is 11.3 Å². The Morgan fingerprint density at radius 3 is 2.71 bits per heavy atom. The second-order valence-electron chi connectivity index (χ2n) is 7.10. The number of nitrogens with one attached hydrogen (secondary N) is 2. The Kier molecular flexibility index (Phi) is 5.94. The zero-order valence-corrected chi connectivity index (χ0v) is 17.1. The van der Waals surface area contributed by atoms with Gasteiger partial charge in [-0.2, -0.15) is 0 Å². The molecule has 160 valence electrons. The maximum atomic E-state index is 14.3. The molecule has 0 radical (unpaired) electrons. The molecule has 4 N–H and O–H groups in total. The maximum absolute atomic E-state index is 14.3. The van der Waals surface area contributed by atoms with Gasteiger partial charge in [0.15, 0.2) is 0 Å². The van der Waals surface area contributed by atoms with Crippen molar-refractivity contribution in [2.75, 3.05) is 43.5 Å². The van der Waals surface area contributed by atoms with Gasteiger partial charge in [0.25, 0.3) is 0 Å². The van der Waals surface area contributed by atoms with Gasteiger partial charge in [0.05, 0.1) is 18.5 Å². The zero-order valence-electron chi connectivity index (χ0n) is 17.1. The number of piperazine rings is 1. The van der Waals surface area contributed by atoms with E-state index in [2.05, 4.69) is 20.5 Å². The topological polar surface area (TPSA) is 105 Å². The number of rotatable bonds is 6. The number of hydrogen-bond acceptors (Lipinski definition) is 7. The minimum absolute atomic E-state index is 0.269. The van der Waals surface area contributed by atoms with E-state index < -0.39 is 11.7 Å². The molecule has 3 heterocycles. The molecule has 1 saturated heterocycles. The van der Waals surface area contributed by atoms with Crippen molar-refractivity contribution in [3.8, 4) is 17.0 Å². The summed E-state index contributed by atoms with van der Waals surface area (Å²) in [6, 6.07) is 11.4. The number of benzene rings is 1. The summed E-state index contributed by atoms with van der Waals surface area (Å²) < 4.78 is 19.3. The number of carbonyl (C=O) groups is 1. The molecule has 1 fully saturated rings. The number of halogens is 1. The fourth-order valence-electron chi connectivity index (χ4n) is 3.38. The van der Waals surface area contributed by atoms with E-state index in [1.54, 1.807) is 42.6 Å². The molecular formula is C22H23FN6O2. The summed E-state index contributed by atoms with van der Waals surface area (Å²) in [5, 5.41) is 6.26.